The summed E-state index contributed by atoms with van der Waals surface area (Å²) in [5, 5.41) is 23.0. The van der Waals surface area contributed by atoms with E-state index in [2.05, 4.69) is 27.7 Å². The lowest BCUT2D eigenvalue weighted by atomic mass is 9.83. The zero-order chi connectivity index (χ0) is 18.3. The van der Waals surface area contributed by atoms with Crippen LogP contribution in [0.3, 0.4) is 0 Å². The van der Waals surface area contributed by atoms with E-state index in [1.54, 1.807) is 6.07 Å². The van der Waals surface area contributed by atoms with Gasteiger partial charge < -0.3 is 19.8 Å². The maximum atomic E-state index is 11.7. The Kier molecular flexibility index (Phi) is 7.96. The Morgan fingerprint density at radius 1 is 0.833 bits per heavy atom. The van der Waals surface area contributed by atoms with Crippen LogP contribution in [0.1, 0.15) is 85.2 Å². The summed E-state index contributed by atoms with van der Waals surface area (Å²) in [6, 6.07) is 3.11. The number of carbonyl (C=O) groups excluding carboxylic acids is 2. The summed E-state index contributed by atoms with van der Waals surface area (Å²) in [5.74, 6) is -2.12. The Labute approximate surface area is 144 Å². The van der Waals surface area contributed by atoms with E-state index >= 15 is 0 Å². The van der Waals surface area contributed by atoms with Crippen molar-refractivity contribution >= 4 is 11.9 Å². The molecule has 0 saturated heterocycles. The number of benzene rings is 1. The van der Waals surface area contributed by atoms with E-state index in [0.717, 1.165) is 37.7 Å². The summed E-state index contributed by atoms with van der Waals surface area (Å²) in [4.78, 5) is 23.0. The third-order valence-corrected chi connectivity index (χ3v) is 5.14. The van der Waals surface area contributed by atoms with Gasteiger partial charge in [-0.3, -0.25) is 0 Å². The van der Waals surface area contributed by atoms with Gasteiger partial charge in [-0.25, -0.2) is 0 Å². The molecule has 4 nitrogen and oxygen atoms in total. The second kappa shape index (κ2) is 9.45. The van der Waals surface area contributed by atoms with E-state index in [0.29, 0.717) is 23.8 Å². The van der Waals surface area contributed by atoms with Crippen LogP contribution in [0, 0.1) is 11.8 Å². The number of aromatic carboxylic acids is 2. The number of hydrogen-bond acceptors (Lipinski definition) is 4. The molecule has 0 atom stereocenters. The molecule has 0 unspecified atom stereocenters. The number of hydrogen-bond donors (Lipinski definition) is 0. The molecule has 0 aliphatic heterocycles. The van der Waals surface area contributed by atoms with E-state index < -0.39 is 11.9 Å². The van der Waals surface area contributed by atoms with Crippen LogP contribution in [0.15, 0.2) is 12.1 Å². The molecular formula is C20H28O4-2. The standard InChI is InChI=1S/C20H30O4/c1-5-13(6-2)11-15-9-10-16(19(21)22)18(20(23)24)17(15)12-14(7-3)8-4/h9-10,13-14H,5-8,11-12H2,1-4H3,(H,21,22)(H,23,24)/p-2. The lowest BCUT2D eigenvalue weighted by molar-refractivity contribution is -0.259. The Bertz CT molecular complexity index is 569. The first kappa shape index (κ1) is 20.2. The summed E-state index contributed by atoms with van der Waals surface area (Å²) in [6.45, 7) is 8.36. The topological polar surface area (TPSA) is 80.3 Å². The molecule has 0 bridgehead atoms. The predicted molar refractivity (Wildman–Crippen MR) is 90.7 cm³/mol. The van der Waals surface area contributed by atoms with Crippen LogP contribution >= 0.6 is 0 Å². The SMILES string of the molecule is CCC(CC)Cc1ccc(C(=O)[O-])c(C(=O)[O-])c1CC(CC)CC. The first-order valence-electron chi connectivity index (χ1n) is 8.96. The van der Waals surface area contributed by atoms with Crippen LogP contribution < -0.4 is 10.2 Å². The molecule has 1 aromatic rings. The molecule has 0 saturated carbocycles. The van der Waals surface area contributed by atoms with Gasteiger partial charge in [-0.1, -0.05) is 65.5 Å². The molecular weight excluding hydrogens is 304 g/mol. The molecule has 4 heteroatoms. The quantitative estimate of drug-likeness (QED) is 0.659. The van der Waals surface area contributed by atoms with E-state index in [1.165, 1.54) is 6.07 Å². The monoisotopic (exact) mass is 332 g/mol. The number of carboxylic acids is 2. The maximum Gasteiger partial charge on any atom is 0.0724 e. The highest BCUT2D eigenvalue weighted by Gasteiger charge is 2.19. The van der Waals surface area contributed by atoms with E-state index in [1.807, 2.05) is 0 Å². The zero-order valence-corrected chi connectivity index (χ0v) is 15.2. The molecule has 0 amide bonds. The smallest absolute Gasteiger partial charge is 0.0724 e. The van der Waals surface area contributed by atoms with Crippen molar-refractivity contribution in [1.82, 2.24) is 0 Å². The number of rotatable bonds is 10. The van der Waals surface area contributed by atoms with Gasteiger partial charge in [0.2, 0.25) is 0 Å². The third kappa shape index (κ3) is 4.83. The lowest BCUT2D eigenvalue weighted by Crippen LogP contribution is -2.32. The van der Waals surface area contributed by atoms with Crippen molar-refractivity contribution in [3.8, 4) is 0 Å². The molecule has 24 heavy (non-hydrogen) atoms. The van der Waals surface area contributed by atoms with Crippen LogP contribution in [-0.2, 0) is 12.8 Å². The molecule has 1 rings (SSSR count). The van der Waals surface area contributed by atoms with Crippen LogP contribution in [0.2, 0.25) is 0 Å². The first-order chi connectivity index (χ1) is 11.4. The molecule has 134 valence electrons. The van der Waals surface area contributed by atoms with Gasteiger partial charge in [-0.15, -0.1) is 0 Å². The Balaban J connectivity index is 3.49. The van der Waals surface area contributed by atoms with Gasteiger partial charge >= 0.3 is 0 Å². The van der Waals surface area contributed by atoms with Crippen molar-refractivity contribution in [2.75, 3.05) is 0 Å². The highest BCUT2D eigenvalue weighted by Crippen LogP contribution is 2.28. The molecule has 0 spiro atoms. The van der Waals surface area contributed by atoms with Crippen LogP contribution in [0.25, 0.3) is 0 Å². The number of carbonyl (C=O) groups is 2. The highest BCUT2D eigenvalue weighted by molar-refractivity contribution is 6.01. The minimum Gasteiger partial charge on any atom is -0.545 e. The Hall–Kier alpha value is -1.84. The average molecular weight is 332 g/mol. The minimum atomic E-state index is -1.46. The van der Waals surface area contributed by atoms with Crippen molar-refractivity contribution < 1.29 is 19.8 Å². The molecule has 0 aromatic heterocycles. The maximum absolute atomic E-state index is 11.7. The Morgan fingerprint density at radius 3 is 1.75 bits per heavy atom. The van der Waals surface area contributed by atoms with E-state index in [-0.39, 0.29) is 11.1 Å². The largest absolute Gasteiger partial charge is 0.545 e. The summed E-state index contributed by atoms with van der Waals surface area (Å²) in [6.07, 6.45) is 5.17. The molecule has 0 radical (unpaired) electrons. The molecule has 0 aliphatic rings. The van der Waals surface area contributed by atoms with Crippen LogP contribution in [0.5, 0.6) is 0 Å². The van der Waals surface area contributed by atoms with Gasteiger partial charge in [-0.05, 0) is 35.8 Å². The fourth-order valence-corrected chi connectivity index (χ4v) is 3.27. The van der Waals surface area contributed by atoms with Crippen molar-refractivity contribution in [1.29, 1.82) is 0 Å². The Morgan fingerprint density at radius 2 is 1.33 bits per heavy atom. The second-order valence-electron chi connectivity index (χ2n) is 6.47. The van der Waals surface area contributed by atoms with Gasteiger partial charge in [0.05, 0.1) is 11.9 Å². The zero-order valence-electron chi connectivity index (χ0n) is 15.2. The molecule has 0 N–H and O–H groups in total. The van der Waals surface area contributed by atoms with Gasteiger partial charge in [0.25, 0.3) is 0 Å². The van der Waals surface area contributed by atoms with E-state index in [9.17, 15) is 19.8 Å². The summed E-state index contributed by atoms with van der Waals surface area (Å²) < 4.78 is 0. The fraction of sp³-hybridized carbons (Fsp3) is 0.600. The summed E-state index contributed by atoms with van der Waals surface area (Å²) in [7, 11) is 0. The summed E-state index contributed by atoms with van der Waals surface area (Å²) in [5.41, 5.74) is 1.09. The van der Waals surface area contributed by atoms with Gasteiger partial charge in [-0.2, -0.15) is 0 Å². The van der Waals surface area contributed by atoms with Crippen LogP contribution in [0.4, 0.5) is 0 Å². The third-order valence-electron chi connectivity index (χ3n) is 5.14. The highest BCUT2D eigenvalue weighted by atomic mass is 16.4. The molecule has 0 aliphatic carbocycles. The number of carboxylic acid groups (broad SMARTS) is 2. The van der Waals surface area contributed by atoms with Crippen molar-refractivity contribution in [2.24, 2.45) is 11.8 Å². The predicted octanol–water partition coefficient (Wildman–Crippen LogP) is 2.37. The fourth-order valence-electron chi connectivity index (χ4n) is 3.27. The molecule has 0 heterocycles. The average Bonchev–Trinajstić information content (AvgIpc) is 2.57. The van der Waals surface area contributed by atoms with E-state index in [4.69, 9.17) is 0 Å². The normalized spacial score (nSPS) is 11.2. The lowest BCUT2D eigenvalue weighted by Gasteiger charge is -2.24. The van der Waals surface area contributed by atoms with Crippen molar-refractivity contribution in [3.63, 3.8) is 0 Å². The van der Waals surface area contributed by atoms with Gasteiger partial charge in [0.15, 0.2) is 0 Å². The summed E-state index contributed by atoms with van der Waals surface area (Å²) >= 11 is 0. The molecule has 0 fully saturated rings. The van der Waals surface area contributed by atoms with Gasteiger partial charge in [0.1, 0.15) is 0 Å². The van der Waals surface area contributed by atoms with Crippen molar-refractivity contribution in [2.45, 2.75) is 66.2 Å². The van der Waals surface area contributed by atoms with Crippen molar-refractivity contribution in [3.05, 3.63) is 34.4 Å². The second-order valence-corrected chi connectivity index (χ2v) is 6.47. The molecule has 1 aromatic carbocycles. The van der Waals surface area contributed by atoms with Crippen LogP contribution in [-0.4, -0.2) is 11.9 Å². The minimum absolute atomic E-state index is 0.189. The first-order valence-corrected chi connectivity index (χ1v) is 8.96. The van der Waals surface area contributed by atoms with Gasteiger partial charge in [0, 0.05) is 11.1 Å².